The van der Waals surface area contributed by atoms with Gasteiger partial charge in [0.25, 0.3) is 0 Å². The molecule has 2 aromatic rings. The van der Waals surface area contributed by atoms with Gasteiger partial charge in [0.1, 0.15) is 0 Å². The van der Waals surface area contributed by atoms with Crippen molar-refractivity contribution in [3.63, 3.8) is 0 Å². The molecular formula is C14H12F6N2O2. The van der Waals surface area contributed by atoms with Crippen molar-refractivity contribution in [2.45, 2.75) is 39.2 Å². The van der Waals surface area contributed by atoms with Gasteiger partial charge in [-0.2, -0.15) is 26.3 Å². The quantitative estimate of drug-likeness (QED) is 0.693. The van der Waals surface area contributed by atoms with Gasteiger partial charge in [-0.05, 0) is 38.5 Å². The van der Waals surface area contributed by atoms with Crippen LogP contribution in [0.4, 0.5) is 31.1 Å². The average molecular weight is 354 g/mol. The third-order valence-electron chi connectivity index (χ3n) is 3.05. The first-order valence-corrected chi connectivity index (χ1v) is 6.71. The van der Waals surface area contributed by atoms with Crippen molar-refractivity contribution in [2.24, 2.45) is 0 Å². The monoisotopic (exact) mass is 354 g/mol. The predicted octanol–water partition coefficient (Wildman–Crippen LogP) is 4.78. The van der Waals surface area contributed by atoms with Gasteiger partial charge in [-0.3, -0.25) is 0 Å². The molecule has 1 aromatic carbocycles. The van der Waals surface area contributed by atoms with Gasteiger partial charge in [0.15, 0.2) is 0 Å². The Bertz CT molecular complexity index is 789. The predicted molar refractivity (Wildman–Crippen MR) is 71.5 cm³/mol. The molecule has 1 aromatic heterocycles. The van der Waals surface area contributed by atoms with E-state index in [1.165, 1.54) is 20.8 Å². The van der Waals surface area contributed by atoms with Crippen LogP contribution in [-0.4, -0.2) is 21.7 Å². The number of benzene rings is 1. The zero-order chi connectivity index (χ0) is 18.4. The van der Waals surface area contributed by atoms with E-state index in [9.17, 15) is 31.1 Å². The van der Waals surface area contributed by atoms with Gasteiger partial charge < -0.3 is 4.74 Å². The summed E-state index contributed by atoms with van der Waals surface area (Å²) in [6.07, 6.45) is -12.0. The summed E-state index contributed by atoms with van der Waals surface area (Å²) in [6.45, 7) is 3.98. The summed E-state index contributed by atoms with van der Waals surface area (Å²) in [7, 11) is 0. The van der Waals surface area contributed by atoms with Crippen LogP contribution in [0.25, 0.3) is 11.0 Å². The number of carbonyl (C=O) groups excluding carboxylic acids is 1. The van der Waals surface area contributed by atoms with E-state index in [0.29, 0.717) is 12.1 Å². The first-order valence-electron chi connectivity index (χ1n) is 6.71. The second-order valence-electron chi connectivity index (χ2n) is 5.36. The molecule has 24 heavy (non-hydrogen) atoms. The number of alkyl halides is 6. The summed E-state index contributed by atoms with van der Waals surface area (Å²) in [5.41, 5.74) is -2.28. The van der Waals surface area contributed by atoms with E-state index in [2.05, 4.69) is 4.98 Å². The van der Waals surface area contributed by atoms with Crippen molar-refractivity contribution in [1.29, 1.82) is 0 Å². The number of halogens is 6. The molecule has 0 radical (unpaired) electrons. The van der Waals surface area contributed by atoms with Crippen LogP contribution in [0.2, 0.25) is 0 Å². The molecule has 10 heteroatoms. The number of carbonyl (C=O) groups is 1. The fourth-order valence-electron chi connectivity index (χ4n) is 2.14. The molecule has 0 aliphatic heterocycles. The minimum Gasteiger partial charge on any atom is -0.446 e. The number of hydrogen-bond acceptors (Lipinski definition) is 3. The molecule has 0 spiro atoms. The summed E-state index contributed by atoms with van der Waals surface area (Å²) < 4.78 is 82.9. The summed E-state index contributed by atoms with van der Waals surface area (Å²) in [6, 6.07) is 1.12. The summed E-state index contributed by atoms with van der Waals surface area (Å²) in [5.74, 6) is -1.63. The number of aryl methyl sites for hydroxylation is 1. The van der Waals surface area contributed by atoms with E-state index in [-0.39, 0.29) is 15.6 Å². The molecule has 0 aliphatic rings. The minimum absolute atomic E-state index is 0.0254. The number of ether oxygens (including phenoxy) is 1. The van der Waals surface area contributed by atoms with Crippen LogP contribution in [0, 0.1) is 6.92 Å². The molecule has 0 amide bonds. The molecule has 132 valence electrons. The van der Waals surface area contributed by atoms with Gasteiger partial charge in [0.2, 0.25) is 5.82 Å². The second-order valence-corrected chi connectivity index (χ2v) is 5.36. The Labute approximate surface area is 132 Å². The normalized spacial score (nSPS) is 12.9. The van der Waals surface area contributed by atoms with Crippen molar-refractivity contribution in [1.82, 2.24) is 9.55 Å². The highest BCUT2D eigenvalue weighted by Gasteiger charge is 2.41. The van der Waals surface area contributed by atoms with Crippen LogP contribution in [-0.2, 0) is 17.1 Å². The van der Waals surface area contributed by atoms with Crippen LogP contribution in [0.5, 0.6) is 0 Å². The van der Waals surface area contributed by atoms with Crippen LogP contribution in [0.3, 0.4) is 0 Å². The van der Waals surface area contributed by atoms with Gasteiger partial charge >= 0.3 is 18.4 Å². The SMILES string of the molecule is Cc1cc(C(F)(F)F)cc2c1nc(C(F)(F)F)n2C(=O)OC(C)C. The second kappa shape index (κ2) is 5.67. The molecule has 0 N–H and O–H groups in total. The molecule has 0 aliphatic carbocycles. The molecule has 0 atom stereocenters. The van der Waals surface area contributed by atoms with Crippen molar-refractivity contribution in [3.05, 3.63) is 29.1 Å². The lowest BCUT2D eigenvalue weighted by molar-refractivity contribution is -0.146. The average Bonchev–Trinajstić information content (AvgIpc) is 2.76. The summed E-state index contributed by atoms with van der Waals surface area (Å²) in [5, 5.41) is 0. The van der Waals surface area contributed by atoms with Gasteiger partial charge in [-0.1, -0.05) is 0 Å². The topological polar surface area (TPSA) is 44.1 Å². The third kappa shape index (κ3) is 3.31. The number of fused-ring (bicyclic) bond motifs is 1. The smallest absolute Gasteiger partial charge is 0.446 e. The molecule has 0 bridgehead atoms. The molecule has 1 heterocycles. The van der Waals surface area contributed by atoms with E-state index in [1.807, 2.05) is 0 Å². The standard InChI is InChI=1S/C14H12F6N2O2/c1-6(2)24-12(23)22-9-5-8(13(15,16)17)4-7(3)10(9)21-11(22)14(18,19)20/h4-6H,1-3H3. The molecule has 0 saturated carbocycles. The summed E-state index contributed by atoms with van der Waals surface area (Å²) >= 11 is 0. The Balaban J connectivity index is 2.83. The first-order chi connectivity index (χ1) is 10.8. The van der Waals surface area contributed by atoms with Crippen molar-refractivity contribution in [3.8, 4) is 0 Å². The zero-order valence-electron chi connectivity index (χ0n) is 12.7. The number of nitrogens with zero attached hydrogens (tertiary/aromatic N) is 2. The van der Waals surface area contributed by atoms with Crippen molar-refractivity contribution < 1.29 is 35.9 Å². The van der Waals surface area contributed by atoms with E-state index in [0.717, 1.165) is 0 Å². The van der Waals surface area contributed by atoms with E-state index in [4.69, 9.17) is 4.74 Å². The van der Waals surface area contributed by atoms with Crippen LogP contribution < -0.4 is 0 Å². The highest BCUT2D eigenvalue weighted by molar-refractivity contribution is 5.90. The highest BCUT2D eigenvalue weighted by Crippen LogP contribution is 2.36. The van der Waals surface area contributed by atoms with Crippen LogP contribution in [0.1, 0.15) is 30.8 Å². The minimum atomic E-state index is -5.04. The van der Waals surface area contributed by atoms with Gasteiger partial charge in [-0.25, -0.2) is 14.3 Å². The Morgan fingerprint density at radius 1 is 1.12 bits per heavy atom. The number of imidazole rings is 1. The lowest BCUT2D eigenvalue weighted by atomic mass is 10.1. The number of hydrogen-bond donors (Lipinski definition) is 0. The maximum Gasteiger partial charge on any atom is 0.450 e. The number of aromatic nitrogens is 2. The van der Waals surface area contributed by atoms with E-state index in [1.54, 1.807) is 0 Å². The molecule has 0 unspecified atom stereocenters. The van der Waals surface area contributed by atoms with Gasteiger partial charge in [-0.15, -0.1) is 0 Å². The molecule has 4 nitrogen and oxygen atoms in total. The Hall–Kier alpha value is -2.26. The molecule has 0 fully saturated rings. The van der Waals surface area contributed by atoms with Gasteiger partial charge in [0, 0.05) is 0 Å². The van der Waals surface area contributed by atoms with Crippen LogP contribution in [0.15, 0.2) is 12.1 Å². The maximum absolute atomic E-state index is 13.1. The van der Waals surface area contributed by atoms with Crippen LogP contribution >= 0.6 is 0 Å². The Morgan fingerprint density at radius 2 is 1.71 bits per heavy atom. The van der Waals surface area contributed by atoms with Gasteiger partial charge in [0.05, 0.1) is 22.7 Å². The summed E-state index contributed by atoms with van der Waals surface area (Å²) in [4.78, 5) is 15.3. The third-order valence-corrected chi connectivity index (χ3v) is 3.05. The lowest BCUT2D eigenvalue weighted by Crippen LogP contribution is -2.24. The maximum atomic E-state index is 13.1. The lowest BCUT2D eigenvalue weighted by Gasteiger charge is -2.13. The zero-order valence-corrected chi connectivity index (χ0v) is 12.7. The first kappa shape index (κ1) is 18.1. The number of rotatable bonds is 1. The fourth-order valence-corrected chi connectivity index (χ4v) is 2.14. The Morgan fingerprint density at radius 3 is 2.17 bits per heavy atom. The van der Waals surface area contributed by atoms with Crippen molar-refractivity contribution in [2.75, 3.05) is 0 Å². The van der Waals surface area contributed by atoms with E-state index >= 15 is 0 Å². The van der Waals surface area contributed by atoms with Crippen molar-refractivity contribution >= 4 is 17.1 Å². The Kier molecular flexibility index (Phi) is 4.28. The molecule has 2 rings (SSSR count). The fraction of sp³-hybridized carbons (Fsp3) is 0.429. The van der Waals surface area contributed by atoms with E-state index < -0.39 is 41.5 Å². The largest absolute Gasteiger partial charge is 0.450 e. The molecular weight excluding hydrogens is 342 g/mol. The highest BCUT2D eigenvalue weighted by atomic mass is 19.4. The molecule has 0 saturated heterocycles.